The third kappa shape index (κ3) is 9.88. The number of hydrogen-bond acceptors (Lipinski definition) is 10. The number of halogens is 1. The molecule has 1 aromatic heterocycles. The van der Waals surface area contributed by atoms with Crippen LogP contribution in [0.3, 0.4) is 0 Å². The van der Waals surface area contributed by atoms with E-state index in [0.717, 1.165) is 51.8 Å². The smallest absolute Gasteiger partial charge is 0.408 e. The van der Waals surface area contributed by atoms with Gasteiger partial charge in [-0.2, -0.15) is 0 Å². The molecule has 308 valence electrons. The number of nitrogens with one attached hydrogen (secondary N) is 2. The van der Waals surface area contributed by atoms with Crippen molar-refractivity contribution in [3.8, 4) is 0 Å². The van der Waals surface area contributed by atoms with E-state index in [9.17, 15) is 19.5 Å². The van der Waals surface area contributed by atoms with Crippen molar-refractivity contribution in [2.24, 2.45) is 10.4 Å². The summed E-state index contributed by atoms with van der Waals surface area (Å²) in [5.41, 5.74) is 8.15. The number of nitrogens with zero attached hydrogens (tertiary/aromatic N) is 4. The first kappa shape index (κ1) is 43.0. The van der Waals surface area contributed by atoms with E-state index in [2.05, 4.69) is 34.4 Å². The molecule has 0 unspecified atom stereocenters. The maximum absolute atomic E-state index is 16.0. The average Bonchev–Trinajstić information content (AvgIpc) is 3.47. The number of aromatic nitrogens is 1. The Bertz CT molecular complexity index is 1880. The van der Waals surface area contributed by atoms with Crippen molar-refractivity contribution in [3.05, 3.63) is 46.5 Å². The lowest BCUT2D eigenvalue weighted by molar-refractivity contribution is -0.150. The van der Waals surface area contributed by atoms with Gasteiger partial charge in [0.2, 0.25) is 0 Å². The number of aliphatic hydroxyl groups is 1. The zero-order chi connectivity index (χ0) is 40.9. The summed E-state index contributed by atoms with van der Waals surface area (Å²) in [6.07, 6.45) is 4.36. The minimum absolute atomic E-state index is 0.00822. The van der Waals surface area contributed by atoms with Gasteiger partial charge < -0.3 is 29.2 Å². The van der Waals surface area contributed by atoms with Gasteiger partial charge in [0, 0.05) is 81.1 Å². The molecule has 0 saturated carbocycles. The first-order valence-corrected chi connectivity index (χ1v) is 19.8. The van der Waals surface area contributed by atoms with Crippen LogP contribution in [0.5, 0.6) is 0 Å². The minimum atomic E-state index is -1.05. The zero-order valence-corrected chi connectivity index (χ0v) is 34.6. The van der Waals surface area contributed by atoms with Crippen LogP contribution in [0.2, 0.25) is 0 Å². The predicted molar refractivity (Wildman–Crippen MR) is 215 cm³/mol. The van der Waals surface area contributed by atoms with E-state index in [0.29, 0.717) is 44.5 Å². The van der Waals surface area contributed by atoms with Crippen molar-refractivity contribution in [2.75, 3.05) is 47.0 Å². The Hall–Kier alpha value is -4.11. The molecule has 14 heteroatoms. The number of hydrazine groups is 1. The first-order valence-electron chi connectivity index (χ1n) is 19.8. The molecule has 3 atom stereocenters. The fourth-order valence-corrected chi connectivity index (χ4v) is 7.82. The zero-order valence-electron chi connectivity index (χ0n) is 34.6. The highest BCUT2D eigenvalue weighted by molar-refractivity contribution is 5.94. The van der Waals surface area contributed by atoms with Gasteiger partial charge in [0.25, 0.3) is 5.91 Å². The van der Waals surface area contributed by atoms with Crippen LogP contribution in [0.4, 0.5) is 9.18 Å². The van der Waals surface area contributed by atoms with Gasteiger partial charge in [0.15, 0.2) is 0 Å². The number of benzene rings is 1. The number of methoxy groups -OCH3 is 2. The summed E-state index contributed by atoms with van der Waals surface area (Å²) in [7, 11) is 2.98. The summed E-state index contributed by atoms with van der Waals surface area (Å²) in [4.78, 5) is 46.2. The Morgan fingerprint density at radius 3 is 2.52 bits per heavy atom. The quantitative estimate of drug-likeness (QED) is 0.215. The summed E-state index contributed by atoms with van der Waals surface area (Å²) >= 11 is 0. The largest absolute Gasteiger partial charge is 0.468 e. The van der Waals surface area contributed by atoms with E-state index in [1.165, 1.54) is 12.1 Å². The summed E-state index contributed by atoms with van der Waals surface area (Å²) in [5.74, 6) is -1.14. The molecule has 2 aromatic rings. The normalized spacial score (nSPS) is 19.7. The van der Waals surface area contributed by atoms with Crippen LogP contribution in [0, 0.1) is 5.41 Å². The molecule has 5 rings (SSSR count). The highest BCUT2D eigenvalue weighted by Gasteiger charge is 2.36. The van der Waals surface area contributed by atoms with E-state index in [1.54, 1.807) is 27.9 Å². The molecule has 1 fully saturated rings. The number of aliphatic imine (C=N–C) groups is 1. The van der Waals surface area contributed by atoms with E-state index in [-0.39, 0.29) is 38.0 Å². The Labute approximate surface area is 330 Å². The maximum atomic E-state index is 16.0. The van der Waals surface area contributed by atoms with Crippen LogP contribution in [0.1, 0.15) is 97.4 Å². The second kappa shape index (κ2) is 18.0. The molecule has 2 amide bonds. The Kier molecular flexibility index (Phi) is 13.8. The van der Waals surface area contributed by atoms with Crippen molar-refractivity contribution in [3.63, 3.8) is 0 Å². The van der Waals surface area contributed by atoms with Gasteiger partial charge in [0.1, 0.15) is 23.5 Å². The molecule has 0 radical (unpaired) electrons. The lowest BCUT2D eigenvalue weighted by atomic mass is 9.83. The van der Waals surface area contributed by atoms with Crippen LogP contribution < -0.4 is 10.7 Å². The van der Waals surface area contributed by atoms with E-state index in [1.807, 2.05) is 38.0 Å². The minimum Gasteiger partial charge on any atom is -0.468 e. The number of amides is 2. The van der Waals surface area contributed by atoms with E-state index < -0.39 is 41.1 Å². The third-order valence-electron chi connectivity index (χ3n) is 10.7. The summed E-state index contributed by atoms with van der Waals surface area (Å²) in [5, 5.41) is 15.5. The average molecular weight is 781 g/mol. The second-order valence-corrected chi connectivity index (χ2v) is 16.8. The number of fused-ring (bicyclic) bond motifs is 1. The molecule has 3 N–H and O–H groups in total. The summed E-state index contributed by atoms with van der Waals surface area (Å²) in [6.45, 7) is 15.1. The number of esters is 1. The second-order valence-electron chi connectivity index (χ2n) is 16.8. The summed E-state index contributed by atoms with van der Waals surface area (Å²) in [6, 6.07) is 4.32. The number of aryl methyl sites for hydroxylation is 1. The third-order valence-corrected chi connectivity index (χ3v) is 10.7. The molecule has 1 saturated heterocycles. The van der Waals surface area contributed by atoms with Crippen molar-refractivity contribution < 1.29 is 38.1 Å². The van der Waals surface area contributed by atoms with Gasteiger partial charge in [0.05, 0.1) is 24.6 Å². The van der Waals surface area contributed by atoms with Crippen LogP contribution in [0.25, 0.3) is 22.0 Å². The molecule has 3 aliphatic heterocycles. The fourth-order valence-electron chi connectivity index (χ4n) is 7.82. The molecule has 4 heterocycles. The number of hydrogen-bond donors (Lipinski definition) is 3. The number of aliphatic hydroxyl groups excluding tert-OH is 1. The number of ether oxygens (including phenoxy) is 3. The predicted octanol–water partition coefficient (Wildman–Crippen LogP) is 5.78. The molecular weight excluding hydrogens is 719 g/mol. The van der Waals surface area contributed by atoms with Crippen LogP contribution in [-0.4, -0.2) is 115 Å². The molecule has 0 aliphatic carbocycles. The van der Waals surface area contributed by atoms with Gasteiger partial charge in [-0.15, -0.1) is 0 Å². The lowest BCUT2D eigenvalue weighted by Crippen LogP contribution is -2.62. The molecule has 1 aromatic carbocycles. The number of alkyl carbamates (subject to hydrolysis) is 1. The Morgan fingerprint density at radius 2 is 1.86 bits per heavy atom. The Morgan fingerprint density at radius 1 is 1.11 bits per heavy atom. The number of allylic oxidation sites excluding steroid dienone is 1. The molecule has 13 nitrogen and oxygen atoms in total. The molecule has 0 spiro atoms. The van der Waals surface area contributed by atoms with Gasteiger partial charge >= 0.3 is 12.1 Å². The Balaban J connectivity index is 1.51. The highest BCUT2D eigenvalue weighted by Crippen LogP contribution is 2.41. The van der Waals surface area contributed by atoms with E-state index >= 15 is 4.39 Å². The first-order chi connectivity index (χ1) is 26.5. The topological polar surface area (TPSA) is 147 Å². The van der Waals surface area contributed by atoms with Crippen molar-refractivity contribution in [2.45, 2.75) is 117 Å². The van der Waals surface area contributed by atoms with Crippen LogP contribution >= 0.6 is 0 Å². The number of rotatable bonds is 13. The van der Waals surface area contributed by atoms with Crippen molar-refractivity contribution >= 4 is 46.2 Å². The van der Waals surface area contributed by atoms with Crippen molar-refractivity contribution in [1.82, 2.24) is 25.2 Å². The molecule has 0 bridgehead atoms. The van der Waals surface area contributed by atoms with Crippen LogP contribution in [0.15, 0.2) is 34.7 Å². The highest BCUT2D eigenvalue weighted by atomic mass is 19.1. The van der Waals surface area contributed by atoms with Gasteiger partial charge in [-0.25, -0.2) is 14.6 Å². The van der Waals surface area contributed by atoms with Gasteiger partial charge in [-0.3, -0.25) is 24.5 Å². The van der Waals surface area contributed by atoms with Gasteiger partial charge in [-0.1, -0.05) is 19.9 Å². The monoisotopic (exact) mass is 780 g/mol. The molecule has 3 aliphatic rings. The summed E-state index contributed by atoms with van der Waals surface area (Å²) < 4.78 is 34.5. The fraction of sp³-hybridized carbons (Fsp3) is 0.619. The van der Waals surface area contributed by atoms with Gasteiger partial charge in [-0.05, 0) is 95.4 Å². The van der Waals surface area contributed by atoms with E-state index in [4.69, 9.17) is 19.2 Å². The maximum Gasteiger partial charge on any atom is 0.408 e. The molecule has 56 heavy (non-hydrogen) atoms. The van der Waals surface area contributed by atoms with Crippen molar-refractivity contribution in [1.29, 1.82) is 0 Å². The van der Waals surface area contributed by atoms with Crippen LogP contribution in [-0.2, 0) is 36.8 Å². The number of carbonyl (C=O) groups excluding carboxylic acids is 3. The standard InChI is InChI=1S/C42H61FN6O7/c1-10-48-35-16-15-27(21-29(35)30(22-42(6,7)25-50)37(48)28-13-11-18-44-36(28)26(2)54-8)31-23-47(20-17-32(31)43)24-34(45-40(53)56-41(3,4)5)38(51)49-19-12-14-33(46-49)39(52)55-9/h15-16,18,21,26,33-34,46,50H,10-14,17,19-20,22-25H2,1-9H3,(H,45,53)/t26-,33-,34-/m0/s1. The lowest BCUT2D eigenvalue weighted by Gasteiger charge is -2.37. The SMILES string of the molecule is CCn1c(C2=C([C@H](C)OC)N=CCC2)c(CC(C)(C)CO)c2cc(C3=C(F)CCN(C[C@H](NC(=O)OC(C)(C)C)C(=O)N4CCC[C@@H](C(=O)OC)N4)C3)ccc21. The number of carbonyl (C=O) groups is 3. The molecular formula is C42H61FN6O7.